The molecule has 3 rings (SSSR count). The standard InChI is InChI=1S/C20H25Cl2N5O3/c1-11(13-9-20(13,21)22)26-19(30)15-7-4-8-27(15)16(28)10-25-14-6-3-2-5-12(14)17(23)18(24)29/h2-3,5-6,11,13,15,23,25H,4,7-10H2,1H3,(H2,24,29)(H,26,30)/t11-,13-,15+/m1/s1. The third-order valence-corrected chi connectivity index (χ3v) is 6.47. The number of para-hydroxylation sites is 1. The number of nitrogens with one attached hydrogen (secondary N) is 3. The lowest BCUT2D eigenvalue weighted by Gasteiger charge is -2.26. The molecule has 1 saturated heterocycles. The highest BCUT2D eigenvalue weighted by Crippen LogP contribution is 2.54. The number of amides is 3. The van der Waals surface area contributed by atoms with Crippen LogP contribution in [0.15, 0.2) is 24.3 Å². The number of rotatable bonds is 8. The summed E-state index contributed by atoms with van der Waals surface area (Å²) < 4.78 is -0.784. The molecular weight excluding hydrogens is 429 g/mol. The van der Waals surface area contributed by atoms with Gasteiger partial charge in [-0.2, -0.15) is 0 Å². The average molecular weight is 454 g/mol. The third kappa shape index (κ3) is 4.87. The molecule has 1 saturated carbocycles. The van der Waals surface area contributed by atoms with Crippen molar-refractivity contribution in [2.45, 2.75) is 42.6 Å². The highest BCUT2D eigenvalue weighted by Gasteiger charge is 2.55. The van der Waals surface area contributed by atoms with Gasteiger partial charge in [0.05, 0.1) is 6.54 Å². The van der Waals surface area contributed by atoms with Gasteiger partial charge in [0.25, 0.3) is 5.91 Å². The van der Waals surface area contributed by atoms with Gasteiger partial charge in [-0.05, 0) is 32.3 Å². The smallest absolute Gasteiger partial charge is 0.267 e. The van der Waals surface area contributed by atoms with Gasteiger partial charge in [-0.1, -0.05) is 18.2 Å². The zero-order chi connectivity index (χ0) is 22.1. The van der Waals surface area contributed by atoms with E-state index < -0.39 is 16.3 Å². The van der Waals surface area contributed by atoms with Crippen LogP contribution < -0.4 is 16.4 Å². The van der Waals surface area contributed by atoms with Crippen molar-refractivity contribution in [3.8, 4) is 0 Å². The van der Waals surface area contributed by atoms with E-state index in [1.807, 2.05) is 6.92 Å². The first kappa shape index (κ1) is 22.4. The molecular formula is C20H25Cl2N5O3. The maximum Gasteiger partial charge on any atom is 0.267 e. The van der Waals surface area contributed by atoms with Gasteiger partial charge in [-0.25, -0.2) is 0 Å². The summed E-state index contributed by atoms with van der Waals surface area (Å²) in [6.07, 6.45) is 1.96. The molecule has 1 heterocycles. The number of benzene rings is 1. The summed E-state index contributed by atoms with van der Waals surface area (Å²) >= 11 is 12.2. The van der Waals surface area contributed by atoms with Gasteiger partial charge in [0.2, 0.25) is 11.8 Å². The van der Waals surface area contributed by atoms with E-state index >= 15 is 0 Å². The fourth-order valence-corrected chi connectivity index (χ4v) is 4.51. The molecule has 0 aromatic heterocycles. The Hall–Kier alpha value is -2.32. The Kier molecular flexibility index (Phi) is 6.57. The van der Waals surface area contributed by atoms with Crippen LogP contribution in [0.25, 0.3) is 0 Å². The number of carbonyl (C=O) groups excluding carboxylic acids is 3. The van der Waals surface area contributed by atoms with Gasteiger partial charge in [0, 0.05) is 29.8 Å². The molecule has 0 bridgehead atoms. The number of nitrogens with two attached hydrogens (primary N) is 1. The van der Waals surface area contributed by atoms with Crippen LogP contribution in [0.4, 0.5) is 5.69 Å². The summed E-state index contributed by atoms with van der Waals surface area (Å²) in [5.41, 5.74) is 5.63. The fraction of sp³-hybridized carbons (Fsp3) is 0.500. The molecule has 5 N–H and O–H groups in total. The minimum absolute atomic E-state index is 0.00841. The second kappa shape index (κ2) is 8.81. The van der Waals surface area contributed by atoms with Crippen LogP contribution >= 0.6 is 23.2 Å². The monoisotopic (exact) mass is 453 g/mol. The quantitative estimate of drug-likeness (QED) is 0.352. The molecule has 1 aromatic carbocycles. The average Bonchev–Trinajstić information content (AvgIpc) is 3.11. The van der Waals surface area contributed by atoms with Gasteiger partial charge >= 0.3 is 0 Å². The molecule has 3 atom stereocenters. The van der Waals surface area contributed by atoms with Crippen molar-refractivity contribution in [3.63, 3.8) is 0 Å². The third-order valence-electron chi connectivity index (χ3n) is 5.60. The highest BCUT2D eigenvalue weighted by atomic mass is 35.5. The van der Waals surface area contributed by atoms with Crippen LogP contribution in [0.3, 0.4) is 0 Å². The SMILES string of the molecule is C[C@@H](NC(=O)[C@@H]1CCCN1C(=O)CNc1ccccc1C(=N)C(N)=O)[C@H]1CC1(Cl)Cl. The van der Waals surface area contributed by atoms with Crippen LogP contribution in [0.5, 0.6) is 0 Å². The summed E-state index contributed by atoms with van der Waals surface area (Å²) in [5.74, 6) is -1.29. The van der Waals surface area contributed by atoms with Crippen molar-refractivity contribution in [1.82, 2.24) is 10.2 Å². The van der Waals surface area contributed by atoms with E-state index in [1.165, 1.54) is 0 Å². The lowest BCUT2D eigenvalue weighted by Crippen LogP contribution is -2.50. The van der Waals surface area contributed by atoms with E-state index in [2.05, 4.69) is 10.6 Å². The molecule has 0 spiro atoms. The van der Waals surface area contributed by atoms with Crippen molar-refractivity contribution in [1.29, 1.82) is 5.41 Å². The minimum Gasteiger partial charge on any atom is -0.376 e. The van der Waals surface area contributed by atoms with Crippen LogP contribution in [0, 0.1) is 11.3 Å². The molecule has 3 amide bonds. The zero-order valence-corrected chi connectivity index (χ0v) is 18.1. The van der Waals surface area contributed by atoms with Gasteiger partial charge in [-0.15, -0.1) is 23.2 Å². The molecule has 8 nitrogen and oxygen atoms in total. The predicted octanol–water partition coefficient (Wildman–Crippen LogP) is 1.64. The van der Waals surface area contributed by atoms with E-state index in [1.54, 1.807) is 29.2 Å². The molecule has 0 radical (unpaired) electrons. The number of nitrogens with zero attached hydrogens (tertiary/aromatic N) is 1. The molecule has 2 fully saturated rings. The molecule has 2 aliphatic rings. The molecule has 0 unspecified atom stereocenters. The van der Waals surface area contributed by atoms with Gasteiger partial charge < -0.3 is 21.3 Å². The first-order valence-electron chi connectivity index (χ1n) is 9.81. The lowest BCUT2D eigenvalue weighted by molar-refractivity contribution is -0.137. The van der Waals surface area contributed by atoms with Gasteiger partial charge in [0.15, 0.2) is 0 Å². The Morgan fingerprint density at radius 1 is 1.33 bits per heavy atom. The molecule has 162 valence electrons. The maximum absolute atomic E-state index is 12.8. The second-order valence-electron chi connectivity index (χ2n) is 7.75. The second-order valence-corrected chi connectivity index (χ2v) is 9.29. The molecule has 1 aliphatic carbocycles. The summed E-state index contributed by atoms with van der Waals surface area (Å²) in [7, 11) is 0. The fourth-order valence-electron chi connectivity index (χ4n) is 3.80. The lowest BCUT2D eigenvalue weighted by atomic mass is 10.1. The van der Waals surface area contributed by atoms with Crippen molar-refractivity contribution < 1.29 is 14.4 Å². The Morgan fingerprint density at radius 2 is 2.00 bits per heavy atom. The van der Waals surface area contributed by atoms with Crippen LogP contribution in [0.2, 0.25) is 0 Å². The number of likely N-dealkylation sites (tertiary alicyclic amines) is 1. The number of hydrogen-bond donors (Lipinski definition) is 4. The number of alkyl halides is 2. The van der Waals surface area contributed by atoms with Gasteiger partial charge in [-0.3, -0.25) is 19.8 Å². The Morgan fingerprint density at radius 3 is 2.63 bits per heavy atom. The topological polar surface area (TPSA) is 128 Å². The van der Waals surface area contributed by atoms with Crippen molar-refractivity contribution >= 4 is 52.3 Å². The van der Waals surface area contributed by atoms with Crippen molar-refractivity contribution in [2.75, 3.05) is 18.4 Å². The zero-order valence-electron chi connectivity index (χ0n) is 16.6. The largest absolute Gasteiger partial charge is 0.376 e. The van der Waals surface area contributed by atoms with Crippen LogP contribution in [-0.4, -0.2) is 57.8 Å². The minimum atomic E-state index is -0.852. The van der Waals surface area contributed by atoms with E-state index in [0.29, 0.717) is 30.6 Å². The molecule has 10 heteroatoms. The van der Waals surface area contributed by atoms with Crippen molar-refractivity contribution in [3.05, 3.63) is 29.8 Å². The van der Waals surface area contributed by atoms with Gasteiger partial charge in [0.1, 0.15) is 16.1 Å². The number of carbonyl (C=O) groups is 3. The van der Waals surface area contributed by atoms with E-state index in [9.17, 15) is 14.4 Å². The number of anilines is 1. The normalized spacial score (nSPS) is 22.8. The summed E-state index contributed by atoms with van der Waals surface area (Å²) in [6, 6.07) is 5.94. The summed E-state index contributed by atoms with van der Waals surface area (Å²) in [5, 5.41) is 13.7. The Balaban J connectivity index is 1.59. The predicted molar refractivity (Wildman–Crippen MR) is 116 cm³/mol. The summed E-state index contributed by atoms with van der Waals surface area (Å²) in [6.45, 7) is 2.28. The molecule has 1 aromatic rings. The summed E-state index contributed by atoms with van der Waals surface area (Å²) in [4.78, 5) is 38.4. The van der Waals surface area contributed by atoms with Crippen LogP contribution in [0.1, 0.15) is 31.7 Å². The number of halogens is 2. The van der Waals surface area contributed by atoms with E-state index in [0.717, 1.165) is 6.42 Å². The molecule has 30 heavy (non-hydrogen) atoms. The van der Waals surface area contributed by atoms with E-state index in [-0.39, 0.29) is 36.0 Å². The number of primary amides is 1. The van der Waals surface area contributed by atoms with Crippen molar-refractivity contribution in [2.24, 2.45) is 11.7 Å². The van der Waals surface area contributed by atoms with Crippen LogP contribution in [-0.2, 0) is 14.4 Å². The molecule has 1 aliphatic heterocycles. The first-order chi connectivity index (χ1) is 14.1. The van der Waals surface area contributed by atoms with E-state index in [4.69, 9.17) is 34.3 Å². The first-order valence-corrected chi connectivity index (χ1v) is 10.6. The number of hydrogen-bond acceptors (Lipinski definition) is 5. The maximum atomic E-state index is 12.8. The Bertz CT molecular complexity index is 876. The Labute approximate surface area is 185 Å². The highest BCUT2D eigenvalue weighted by molar-refractivity contribution is 6.51.